The van der Waals surface area contributed by atoms with Crippen molar-refractivity contribution in [2.75, 3.05) is 13.7 Å². The fourth-order valence-corrected chi connectivity index (χ4v) is 1.29. The summed E-state index contributed by atoms with van der Waals surface area (Å²) in [4.78, 5) is 15.5. The Balaban J connectivity index is 2.68. The Kier molecular flexibility index (Phi) is 4.72. The maximum absolute atomic E-state index is 11.7. The van der Waals surface area contributed by atoms with Gasteiger partial charge in [0.15, 0.2) is 5.69 Å². The van der Waals surface area contributed by atoms with Crippen molar-refractivity contribution in [1.82, 2.24) is 10.3 Å². The van der Waals surface area contributed by atoms with Crippen molar-refractivity contribution in [3.8, 4) is 5.75 Å². The van der Waals surface area contributed by atoms with Gasteiger partial charge >= 0.3 is 0 Å². The molecule has 1 amide bonds. The molecule has 2 N–H and O–H groups in total. The molecule has 0 bridgehead atoms. The van der Waals surface area contributed by atoms with Crippen LogP contribution in [0.15, 0.2) is 18.3 Å². The number of pyridine rings is 1. The lowest BCUT2D eigenvalue weighted by atomic mass is 10.2. The molecule has 0 aliphatic rings. The Bertz CT molecular complexity index is 355. The van der Waals surface area contributed by atoms with Crippen molar-refractivity contribution in [2.45, 2.75) is 19.4 Å². The number of methoxy groups -OCH3 is 1. The number of amides is 1. The lowest BCUT2D eigenvalue weighted by Gasteiger charge is -2.15. The van der Waals surface area contributed by atoms with Crippen molar-refractivity contribution in [2.24, 2.45) is 0 Å². The van der Waals surface area contributed by atoms with Crippen LogP contribution >= 0.6 is 0 Å². The Labute approximate surface area is 94.5 Å². The molecule has 0 fully saturated rings. The van der Waals surface area contributed by atoms with E-state index < -0.39 is 0 Å². The van der Waals surface area contributed by atoms with Gasteiger partial charge in [-0.15, -0.1) is 0 Å². The maximum atomic E-state index is 11.7. The summed E-state index contributed by atoms with van der Waals surface area (Å²) in [6.45, 7) is 2.39. The van der Waals surface area contributed by atoms with Crippen molar-refractivity contribution in [3.05, 3.63) is 24.0 Å². The van der Waals surface area contributed by atoms with Crippen molar-refractivity contribution < 1.29 is 14.6 Å². The molecular formula is C11H16N2O3. The molecule has 1 aromatic rings. The topological polar surface area (TPSA) is 71.5 Å². The molecule has 1 unspecified atom stereocenters. The highest BCUT2D eigenvalue weighted by Crippen LogP contribution is 2.12. The molecule has 0 aromatic carbocycles. The van der Waals surface area contributed by atoms with Gasteiger partial charge in [0.1, 0.15) is 5.75 Å². The van der Waals surface area contributed by atoms with Crippen LogP contribution in [0.2, 0.25) is 0 Å². The van der Waals surface area contributed by atoms with Gasteiger partial charge in [0, 0.05) is 13.3 Å². The third-order valence-corrected chi connectivity index (χ3v) is 2.20. The molecule has 0 spiro atoms. The molecule has 16 heavy (non-hydrogen) atoms. The molecular weight excluding hydrogens is 208 g/mol. The fourth-order valence-electron chi connectivity index (χ4n) is 1.29. The summed E-state index contributed by atoms with van der Waals surface area (Å²) in [7, 11) is 1.58. The predicted octanol–water partition coefficient (Wildman–Crippen LogP) is 0.942. The molecule has 0 aliphatic carbocycles. The van der Waals surface area contributed by atoms with Gasteiger partial charge in [0.2, 0.25) is 0 Å². The van der Waals surface area contributed by atoms with E-state index in [-0.39, 0.29) is 23.4 Å². The second-order valence-electron chi connectivity index (χ2n) is 3.41. The number of carbonyl (C=O) groups is 1. The first-order valence-electron chi connectivity index (χ1n) is 5.12. The number of aromatic hydroxyl groups is 1. The van der Waals surface area contributed by atoms with Gasteiger partial charge in [-0.1, -0.05) is 6.92 Å². The summed E-state index contributed by atoms with van der Waals surface area (Å²) in [6, 6.07) is 2.93. The van der Waals surface area contributed by atoms with E-state index in [1.165, 1.54) is 12.3 Å². The van der Waals surface area contributed by atoms with Crippen LogP contribution in [0.3, 0.4) is 0 Å². The number of rotatable bonds is 5. The molecule has 0 radical (unpaired) electrons. The molecule has 5 heteroatoms. The average molecular weight is 224 g/mol. The second kappa shape index (κ2) is 6.07. The van der Waals surface area contributed by atoms with Crippen molar-refractivity contribution in [1.29, 1.82) is 0 Å². The first-order chi connectivity index (χ1) is 7.69. The monoisotopic (exact) mass is 224 g/mol. The number of ether oxygens (including phenoxy) is 1. The number of hydrogen-bond acceptors (Lipinski definition) is 4. The third-order valence-electron chi connectivity index (χ3n) is 2.20. The summed E-state index contributed by atoms with van der Waals surface area (Å²) in [6.07, 6.45) is 2.22. The zero-order valence-electron chi connectivity index (χ0n) is 9.43. The zero-order chi connectivity index (χ0) is 12.0. The highest BCUT2D eigenvalue weighted by atomic mass is 16.5. The minimum atomic E-state index is -0.387. The largest absolute Gasteiger partial charge is 0.505 e. The number of aromatic nitrogens is 1. The minimum Gasteiger partial charge on any atom is -0.505 e. The maximum Gasteiger partial charge on any atom is 0.274 e. The second-order valence-corrected chi connectivity index (χ2v) is 3.41. The fraction of sp³-hybridized carbons (Fsp3) is 0.455. The number of nitrogens with one attached hydrogen (secondary N) is 1. The molecule has 1 heterocycles. The van der Waals surface area contributed by atoms with E-state index in [4.69, 9.17) is 4.74 Å². The van der Waals surface area contributed by atoms with Crippen LogP contribution in [-0.2, 0) is 4.74 Å². The smallest absolute Gasteiger partial charge is 0.274 e. The number of carbonyl (C=O) groups excluding carboxylic acids is 1. The molecule has 5 nitrogen and oxygen atoms in total. The molecule has 0 saturated carbocycles. The molecule has 1 atom stereocenters. The first-order valence-corrected chi connectivity index (χ1v) is 5.12. The van der Waals surface area contributed by atoms with Crippen LogP contribution < -0.4 is 5.32 Å². The minimum absolute atomic E-state index is 0.0389. The van der Waals surface area contributed by atoms with Crippen LogP contribution in [0.5, 0.6) is 5.75 Å². The Morgan fingerprint density at radius 1 is 1.69 bits per heavy atom. The van der Waals surface area contributed by atoms with Crippen LogP contribution in [0, 0.1) is 0 Å². The van der Waals surface area contributed by atoms with Crippen LogP contribution in [0.1, 0.15) is 23.8 Å². The molecule has 0 saturated heterocycles. The summed E-state index contributed by atoms with van der Waals surface area (Å²) >= 11 is 0. The van der Waals surface area contributed by atoms with E-state index >= 15 is 0 Å². The van der Waals surface area contributed by atoms with E-state index in [9.17, 15) is 9.90 Å². The molecule has 1 rings (SSSR count). The predicted molar refractivity (Wildman–Crippen MR) is 59.3 cm³/mol. The average Bonchev–Trinajstić information content (AvgIpc) is 2.28. The Hall–Kier alpha value is -1.62. The van der Waals surface area contributed by atoms with E-state index in [2.05, 4.69) is 10.3 Å². The first kappa shape index (κ1) is 12.4. The third kappa shape index (κ3) is 3.20. The molecule has 0 aliphatic heterocycles. The van der Waals surface area contributed by atoms with Gasteiger partial charge in [-0.25, -0.2) is 4.98 Å². The molecule has 88 valence electrons. The SMILES string of the molecule is CCC(COC)NC(=O)c1ncccc1O. The lowest BCUT2D eigenvalue weighted by molar-refractivity contribution is 0.0886. The van der Waals surface area contributed by atoms with Crippen LogP contribution in [-0.4, -0.2) is 35.8 Å². The zero-order valence-corrected chi connectivity index (χ0v) is 9.43. The standard InChI is InChI=1S/C11H16N2O3/c1-3-8(7-16-2)13-11(15)10-9(14)5-4-6-12-10/h4-6,8,14H,3,7H2,1-2H3,(H,13,15). The van der Waals surface area contributed by atoms with Crippen LogP contribution in [0.25, 0.3) is 0 Å². The summed E-state index contributed by atoms with van der Waals surface area (Å²) < 4.78 is 4.96. The van der Waals surface area contributed by atoms with Crippen molar-refractivity contribution in [3.63, 3.8) is 0 Å². The normalized spacial score (nSPS) is 12.1. The Morgan fingerprint density at radius 3 is 3.00 bits per heavy atom. The summed E-state index contributed by atoms with van der Waals surface area (Å²) in [5.41, 5.74) is 0.0389. The van der Waals surface area contributed by atoms with Crippen molar-refractivity contribution >= 4 is 5.91 Å². The van der Waals surface area contributed by atoms with Gasteiger partial charge in [-0.3, -0.25) is 4.79 Å². The van der Waals surface area contributed by atoms with E-state index in [0.717, 1.165) is 6.42 Å². The summed E-state index contributed by atoms with van der Waals surface area (Å²) in [5.74, 6) is -0.505. The molecule has 1 aromatic heterocycles. The van der Waals surface area contributed by atoms with Gasteiger partial charge in [-0.2, -0.15) is 0 Å². The van der Waals surface area contributed by atoms with E-state index in [0.29, 0.717) is 6.61 Å². The highest BCUT2D eigenvalue weighted by Gasteiger charge is 2.15. The quantitative estimate of drug-likeness (QED) is 0.780. The van der Waals surface area contributed by atoms with Gasteiger partial charge < -0.3 is 15.2 Å². The van der Waals surface area contributed by atoms with Gasteiger partial charge in [0.05, 0.1) is 12.6 Å². The number of nitrogens with zero attached hydrogens (tertiary/aromatic N) is 1. The summed E-state index contributed by atoms with van der Waals surface area (Å²) in [5, 5.41) is 12.2. The van der Waals surface area contributed by atoms with E-state index in [1.807, 2.05) is 6.92 Å². The number of hydrogen-bond donors (Lipinski definition) is 2. The highest BCUT2D eigenvalue weighted by molar-refractivity contribution is 5.94. The lowest BCUT2D eigenvalue weighted by Crippen LogP contribution is -2.37. The van der Waals surface area contributed by atoms with Gasteiger partial charge in [0.25, 0.3) is 5.91 Å². The Morgan fingerprint density at radius 2 is 2.44 bits per heavy atom. The van der Waals surface area contributed by atoms with E-state index in [1.54, 1.807) is 13.2 Å². The van der Waals surface area contributed by atoms with Gasteiger partial charge in [-0.05, 0) is 18.6 Å². The van der Waals surface area contributed by atoms with Crippen LogP contribution in [0.4, 0.5) is 0 Å².